The van der Waals surface area contributed by atoms with E-state index in [-0.39, 0.29) is 37.3 Å². The molecule has 0 aliphatic carbocycles. The van der Waals surface area contributed by atoms with Gasteiger partial charge in [-0.05, 0) is 69.4 Å². The van der Waals surface area contributed by atoms with Crippen molar-refractivity contribution in [2.24, 2.45) is 5.41 Å². The maximum atomic E-state index is 6.74. The maximum Gasteiger partial charge on any atom is 0.135 e. The molecule has 6 heteroatoms. The molecule has 3 heterocycles. The molecular weight excluding hydrogens is 868 g/mol. The minimum Gasteiger partial charge on any atom is -0.509 e. The second-order valence-corrected chi connectivity index (χ2v) is 17.6. The minimum atomic E-state index is -0.117. The van der Waals surface area contributed by atoms with Gasteiger partial charge in [-0.3, -0.25) is 0 Å². The summed E-state index contributed by atoms with van der Waals surface area (Å²) in [6.07, 6.45) is 4.12. The molecule has 0 N–H and O–H groups in total. The van der Waals surface area contributed by atoms with Gasteiger partial charge in [0, 0.05) is 61.1 Å². The number of allylic oxidation sites excluding steroid dienone is 1. The zero-order valence-corrected chi connectivity index (χ0v) is 36.0. The van der Waals surface area contributed by atoms with Gasteiger partial charge >= 0.3 is 0 Å². The zero-order chi connectivity index (χ0) is 38.7. The molecule has 0 amide bonds. The Morgan fingerprint density at radius 2 is 1.30 bits per heavy atom. The number of fused-ring (bicyclic) bond motifs is 3. The van der Waals surface area contributed by atoms with E-state index in [1.165, 1.54) is 16.8 Å². The number of ether oxygens (including phenoxy) is 1. The Morgan fingerprint density at radius 1 is 0.607 bits per heavy atom. The van der Waals surface area contributed by atoms with Crippen molar-refractivity contribution in [2.75, 3.05) is 9.80 Å². The van der Waals surface area contributed by atoms with Gasteiger partial charge in [-0.2, -0.15) is 6.07 Å². The minimum absolute atomic E-state index is 0. The molecule has 0 bridgehead atoms. The van der Waals surface area contributed by atoms with Crippen molar-refractivity contribution >= 4 is 33.2 Å². The van der Waals surface area contributed by atoms with Crippen molar-refractivity contribution in [3.8, 4) is 28.4 Å². The normalized spacial score (nSPS) is 13.6. The predicted molar refractivity (Wildman–Crippen MR) is 229 cm³/mol. The third kappa shape index (κ3) is 7.67. The molecule has 8 rings (SSSR count). The van der Waals surface area contributed by atoms with E-state index in [0.29, 0.717) is 11.5 Å². The van der Waals surface area contributed by atoms with Gasteiger partial charge in [0.1, 0.15) is 5.82 Å². The molecule has 1 aliphatic rings. The summed E-state index contributed by atoms with van der Waals surface area (Å²) in [6.45, 7) is 22.4. The van der Waals surface area contributed by atoms with Crippen LogP contribution >= 0.6 is 0 Å². The second-order valence-electron chi connectivity index (χ2n) is 17.6. The Kier molecular flexibility index (Phi) is 10.3. The third-order valence-corrected chi connectivity index (χ3v) is 10.4. The molecule has 0 atom stereocenters. The van der Waals surface area contributed by atoms with Crippen LogP contribution in [0.5, 0.6) is 11.5 Å². The van der Waals surface area contributed by atoms with Crippen molar-refractivity contribution in [1.82, 2.24) is 9.55 Å². The van der Waals surface area contributed by atoms with Crippen LogP contribution < -0.4 is 14.5 Å². The summed E-state index contributed by atoms with van der Waals surface area (Å²) in [4.78, 5) is 9.31. The molecule has 5 aromatic carbocycles. The van der Waals surface area contributed by atoms with Gasteiger partial charge in [0.2, 0.25) is 0 Å². The Labute approximate surface area is 346 Å². The van der Waals surface area contributed by atoms with Crippen LogP contribution in [0, 0.1) is 24.2 Å². The van der Waals surface area contributed by atoms with Crippen molar-refractivity contribution in [3.05, 3.63) is 163 Å². The van der Waals surface area contributed by atoms with E-state index in [1.807, 2.05) is 18.3 Å². The van der Waals surface area contributed by atoms with Crippen LogP contribution in [0.1, 0.15) is 73.4 Å². The molecule has 0 spiro atoms. The second kappa shape index (κ2) is 14.8. The van der Waals surface area contributed by atoms with E-state index in [0.717, 1.165) is 50.1 Å². The number of hydrogen-bond acceptors (Lipinski definition) is 4. The summed E-state index contributed by atoms with van der Waals surface area (Å²) in [5, 5.41) is 2.24. The first-order valence-corrected chi connectivity index (χ1v) is 19.1. The van der Waals surface area contributed by atoms with Crippen LogP contribution in [0.15, 0.2) is 133 Å². The monoisotopic (exact) mass is 916 g/mol. The first-order chi connectivity index (χ1) is 26.1. The number of pyridine rings is 1. The molecule has 1 aliphatic heterocycles. The average Bonchev–Trinajstić information content (AvgIpc) is 3.75. The van der Waals surface area contributed by atoms with Crippen LogP contribution in [0.4, 0.5) is 11.4 Å². The molecule has 0 saturated carbocycles. The molecule has 2 aromatic heterocycles. The van der Waals surface area contributed by atoms with Crippen LogP contribution in [0.25, 0.3) is 38.8 Å². The number of rotatable bonds is 6. The molecule has 5 nitrogen and oxygen atoms in total. The summed E-state index contributed by atoms with van der Waals surface area (Å²) >= 11 is 0. The largest absolute Gasteiger partial charge is 0.509 e. The molecule has 0 unspecified atom stereocenters. The molecule has 288 valence electrons. The fraction of sp³-hybridized carbons (Fsp3) is 0.240. The average molecular weight is 917 g/mol. The molecule has 0 fully saturated rings. The van der Waals surface area contributed by atoms with Gasteiger partial charge in [-0.1, -0.05) is 128 Å². The summed E-state index contributed by atoms with van der Waals surface area (Å²) < 4.78 is 8.94. The van der Waals surface area contributed by atoms with Crippen molar-refractivity contribution in [3.63, 3.8) is 0 Å². The van der Waals surface area contributed by atoms with Crippen molar-refractivity contribution in [2.45, 2.75) is 73.1 Å². The Morgan fingerprint density at radius 3 is 2.00 bits per heavy atom. The van der Waals surface area contributed by atoms with Gasteiger partial charge in [0.05, 0.1) is 0 Å². The van der Waals surface area contributed by atoms with E-state index in [9.17, 15) is 0 Å². The molecule has 7 aromatic rings. The fourth-order valence-electron chi connectivity index (χ4n) is 7.25. The summed E-state index contributed by atoms with van der Waals surface area (Å²) in [5.74, 6) is 2.07. The molecule has 0 radical (unpaired) electrons. The summed E-state index contributed by atoms with van der Waals surface area (Å²) in [5.41, 5.74) is 9.79. The van der Waals surface area contributed by atoms with Gasteiger partial charge in [0.25, 0.3) is 0 Å². The Balaban J connectivity index is 0.00000480. The van der Waals surface area contributed by atoms with Crippen molar-refractivity contribution in [1.29, 1.82) is 0 Å². The van der Waals surface area contributed by atoms with Gasteiger partial charge in [-0.15, -0.1) is 53.6 Å². The Bertz CT molecular complexity index is 2550. The standard InChI is InChI=1S/C50H49N4O.Pt/c1-48(2,3)36-19-21-38(22-20-36)53-33-52(32-46(53)50(7,8)9)39-27-35(34-15-11-10-12-16-34)28-41(30-39)55-40-23-24-43-42-17-13-14-18-44(42)54(45(43)31-40)47-29-37(25-26-51-47)49(4,5)6;/h10-29,32-33H,1-9H3;/q-3;. The number of para-hydroxylation sites is 1. The number of hydrogen-bond donors (Lipinski definition) is 0. The number of aromatic nitrogens is 2. The fourth-order valence-corrected chi connectivity index (χ4v) is 7.25. The number of benzene rings is 5. The zero-order valence-electron chi connectivity index (χ0n) is 33.7. The van der Waals surface area contributed by atoms with Crippen LogP contribution in [-0.4, -0.2) is 9.55 Å². The predicted octanol–water partition coefficient (Wildman–Crippen LogP) is 13.2. The Hall–Kier alpha value is -5.12. The van der Waals surface area contributed by atoms with E-state index >= 15 is 0 Å². The van der Waals surface area contributed by atoms with Gasteiger partial charge in [-0.25, -0.2) is 4.98 Å². The van der Waals surface area contributed by atoms with E-state index in [4.69, 9.17) is 9.72 Å². The molecule has 0 saturated heterocycles. The topological polar surface area (TPSA) is 33.5 Å². The van der Waals surface area contributed by atoms with Crippen LogP contribution in [0.2, 0.25) is 0 Å². The first kappa shape index (κ1) is 39.1. The van der Waals surface area contributed by atoms with Crippen molar-refractivity contribution < 1.29 is 25.8 Å². The smallest absolute Gasteiger partial charge is 0.135 e. The summed E-state index contributed by atoms with van der Waals surface area (Å²) in [7, 11) is 0. The van der Waals surface area contributed by atoms with Crippen LogP contribution in [0.3, 0.4) is 0 Å². The van der Waals surface area contributed by atoms with E-state index < -0.39 is 0 Å². The SMILES string of the molecule is CC(C)(C)C1=CN(c2[c-]c(Oc3[c-]c4c(cc3)c3ccccc3n4-c3cc(C(C)(C)C)ccn3)cc(-c3ccccc3)c2)[CH-]N1c1ccc(C(C)(C)C)cc1.[Pt]. The summed E-state index contributed by atoms with van der Waals surface area (Å²) in [6, 6.07) is 47.8. The third-order valence-electron chi connectivity index (χ3n) is 10.4. The first-order valence-electron chi connectivity index (χ1n) is 19.1. The maximum absolute atomic E-state index is 6.74. The van der Waals surface area contributed by atoms with Gasteiger partial charge in [0.15, 0.2) is 0 Å². The van der Waals surface area contributed by atoms with Crippen LogP contribution in [-0.2, 0) is 31.9 Å². The number of nitrogens with zero attached hydrogens (tertiary/aromatic N) is 4. The molecule has 56 heavy (non-hydrogen) atoms. The quantitative estimate of drug-likeness (QED) is 0.156. The van der Waals surface area contributed by atoms with E-state index in [2.05, 4.69) is 205 Å². The number of anilines is 2. The van der Waals surface area contributed by atoms with E-state index in [1.54, 1.807) is 0 Å². The van der Waals surface area contributed by atoms with Gasteiger partial charge < -0.3 is 19.1 Å². The molecular formula is C50H49N4OPt-3.